The zero-order chi connectivity index (χ0) is 13.0. The molecule has 1 aromatic heterocycles. The number of nitrogens with zero attached hydrogens (tertiary/aromatic N) is 1. The largest absolute Gasteiger partial charge is 0.489 e. The molecule has 2 aromatic rings. The Balaban J connectivity index is 2.11. The Morgan fingerprint density at radius 3 is 2.83 bits per heavy atom. The Morgan fingerprint density at radius 1 is 1.33 bits per heavy atom. The third-order valence-corrected chi connectivity index (χ3v) is 3.00. The minimum absolute atomic E-state index is 0.0400. The van der Waals surface area contributed by atoms with Crippen molar-refractivity contribution in [3.05, 3.63) is 58.3 Å². The van der Waals surface area contributed by atoms with Gasteiger partial charge in [0, 0.05) is 34.0 Å². The fraction of sp³-hybridized carbons (Fsp3) is 0.214. The summed E-state index contributed by atoms with van der Waals surface area (Å²) >= 11 is 3.39. The summed E-state index contributed by atoms with van der Waals surface area (Å²) in [5, 5.41) is 0. The number of halogens is 1. The van der Waals surface area contributed by atoms with Crippen molar-refractivity contribution in [2.75, 3.05) is 0 Å². The number of ether oxygens (including phenoxy) is 1. The highest BCUT2D eigenvalue weighted by atomic mass is 79.9. The Bertz CT molecular complexity index is 529. The monoisotopic (exact) mass is 306 g/mol. The van der Waals surface area contributed by atoms with Gasteiger partial charge in [0.25, 0.3) is 0 Å². The van der Waals surface area contributed by atoms with Crippen LogP contribution in [-0.2, 0) is 6.61 Å². The van der Waals surface area contributed by atoms with Crippen LogP contribution in [0.5, 0.6) is 5.75 Å². The quantitative estimate of drug-likeness (QED) is 0.941. The molecule has 0 saturated carbocycles. The lowest BCUT2D eigenvalue weighted by Gasteiger charge is -2.13. The van der Waals surface area contributed by atoms with Gasteiger partial charge in [-0.15, -0.1) is 0 Å². The number of rotatable bonds is 4. The van der Waals surface area contributed by atoms with Crippen LogP contribution < -0.4 is 10.5 Å². The van der Waals surface area contributed by atoms with Crippen LogP contribution in [0.25, 0.3) is 0 Å². The number of para-hydroxylation sites is 1. The van der Waals surface area contributed by atoms with E-state index < -0.39 is 0 Å². The van der Waals surface area contributed by atoms with Crippen molar-refractivity contribution in [1.82, 2.24) is 4.98 Å². The van der Waals surface area contributed by atoms with Gasteiger partial charge < -0.3 is 10.5 Å². The van der Waals surface area contributed by atoms with Crippen molar-refractivity contribution < 1.29 is 4.74 Å². The molecule has 0 amide bonds. The third-order valence-electron chi connectivity index (χ3n) is 2.57. The molecule has 18 heavy (non-hydrogen) atoms. The van der Waals surface area contributed by atoms with Gasteiger partial charge in [0.2, 0.25) is 0 Å². The number of aromatic nitrogens is 1. The molecule has 1 aromatic carbocycles. The van der Waals surface area contributed by atoms with Crippen LogP contribution in [0.4, 0.5) is 0 Å². The normalized spacial score (nSPS) is 12.2. The van der Waals surface area contributed by atoms with Crippen LogP contribution >= 0.6 is 15.9 Å². The van der Waals surface area contributed by atoms with Crippen molar-refractivity contribution in [3.8, 4) is 5.75 Å². The van der Waals surface area contributed by atoms with E-state index in [1.165, 1.54) is 0 Å². The van der Waals surface area contributed by atoms with Crippen LogP contribution in [0.2, 0.25) is 0 Å². The summed E-state index contributed by atoms with van der Waals surface area (Å²) in [6, 6.07) is 9.78. The molecule has 0 aliphatic rings. The third kappa shape index (κ3) is 3.31. The lowest BCUT2D eigenvalue weighted by Crippen LogP contribution is -2.08. The molecule has 1 heterocycles. The van der Waals surface area contributed by atoms with E-state index in [9.17, 15) is 0 Å². The second-order valence-electron chi connectivity index (χ2n) is 4.13. The van der Waals surface area contributed by atoms with E-state index in [-0.39, 0.29) is 6.04 Å². The molecule has 0 aliphatic carbocycles. The SMILES string of the molecule is CC(N)c1ccccc1OCc1cncc(Br)c1. The van der Waals surface area contributed by atoms with Crippen molar-refractivity contribution in [2.45, 2.75) is 19.6 Å². The predicted molar refractivity (Wildman–Crippen MR) is 75.3 cm³/mol. The molecule has 0 saturated heterocycles. The molecule has 2 N–H and O–H groups in total. The molecule has 0 radical (unpaired) electrons. The number of pyridine rings is 1. The van der Waals surface area contributed by atoms with Gasteiger partial charge in [-0.2, -0.15) is 0 Å². The van der Waals surface area contributed by atoms with Gasteiger partial charge in [-0.25, -0.2) is 0 Å². The first-order valence-corrected chi connectivity index (χ1v) is 6.53. The summed E-state index contributed by atoms with van der Waals surface area (Å²) in [4.78, 5) is 4.10. The fourth-order valence-corrected chi connectivity index (χ4v) is 2.10. The molecule has 3 nitrogen and oxygen atoms in total. The second kappa shape index (κ2) is 5.98. The molecule has 1 unspecified atom stereocenters. The zero-order valence-corrected chi connectivity index (χ0v) is 11.7. The van der Waals surface area contributed by atoms with Crippen molar-refractivity contribution >= 4 is 15.9 Å². The first-order chi connectivity index (χ1) is 8.66. The first kappa shape index (κ1) is 13.1. The van der Waals surface area contributed by atoms with E-state index in [1.807, 2.05) is 37.3 Å². The molecule has 0 bridgehead atoms. The summed E-state index contributed by atoms with van der Waals surface area (Å²) in [5.74, 6) is 0.826. The van der Waals surface area contributed by atoms with E-state index in [0.29, 0.717) is 6.61 Å². The minimum atomic E-state index is -0.0400. The summed E-state index contributed by atoms with van der Waals surface area (Å²) in [6.45, 7) is 2.43. The van der Waals surface area contributed by atoms with Gasteiger partial charge in [0.05, 0.1) is 0 Å². The van der Waals surface area contributed by atoms with Gasteiger partial charge in [0.15, 0.2) is 0 Å². The molecule has 0 spiro atoms. The molecular formula is C14H15BrN2O. The number of nitrogens with two attached hydrogens (primary N) is 1. The van der Waals surface area contributed by atoms with Crippen molar-refractivity contribution in [1.29, 1.82) is 0 Å². The maximum Gasteiger partial charge on any atom is 0.124 e. The highest BCUT2D eigenvalue weighted by Gasteiger charge is 2.07. The van der Waals surface area contributed by atoms with Gasteiger partial charge in [-0.3, -0.25) is 4.98 Å². The predicted octanol–water partition coefficient (Wildman–Crippen LogP) is 3.44. The number of hydrogen-bond donors (Lipinski definition) is 1. The van der Waals surface area contributed by atoms with E-state index in [4.69, 9.17) is 10.5 Å². The summed E-state index contributed by atoms with van der Waals surface area (Å²) in [6.07, 6.45) is 3.54. The molecular weight excluding hydrogens is 292 g/mol. The topological polar surface area (TPSA) is 48.1 Å². The Morgan fingerprint density at radius 2 is 2.11 bits per heavy atom. The van der Waals surface area contributed by atoms with E-state index >= 15 is 0 Å². The molecule has 0 fully saturated rings. The van der Waals surface area contributed by atoms with Crippen LogP contribution in [0.1, 0.15) is 24.1 Å². The smallest absolute Gasteiger partial charge is 0.124 e. The molecule has 0 aliphatic heterocycles. The highest BCUT2D eigenvalue weighted by molar-refractivity contribution is 9.10. The van der Waals surface area contributed by atoms with Gasteiger partial charge in [-0.1, -0.05) is 18.2 Å². The molecule has 94 valence electrons. The fourth-order valence-electron chi connectivity index (χ4n) is 1.68. The second-order valence-corrected chi connectivity index (χ2v) is 5.04. The Labute approximate surface area is 115 Å². The maximum absolute atomic E-state index is 5.91. The lowest BCUT2D eigenvalue weighted by atomic mass is 10.1. The van der Waals surface area contributed by atoms with E-state index in [2.05, 4.69) is 20.9 Å². The molecule has 1 atom stereocenters. The average Bonchev–Trinajstić information content (AvgIpc) is 2.37. The molecule has 4 heteroatoms. The minimum Gasteiger partial charge on any atom is -0.489 e. The summed E-state index contributed by atoms with van der Waals surface area (Å²) in [7, 11) is 0. The van der Waals surface area contributed by atoms with Crippen molar-refractivity contribution in [3.63, 3.8) is 0 Å². The van der Waals surface area contributed by atoms with Gasteiger partial charge in [0.1, 0.15) is 12.4 Å². The highest BCUT2D eigenvalue weighted by Crippen LogP contribution is 2.24. The number of hydrogen-bond acceptors (Lipinski definition) is 3. The molecule has 2 rings (SSSR count). The average molecular weight is 307 g/mol. The Hall–Kier alpha value is -1.39. The van der Waals surface area contributed by atoms with E-state index in [1.54, 1.807) is 12.4 Å². The first-order valence-electron chi connectivity index (χ1n) is 5.73. The van der Waals surface area contributed by atoms with E-state index in [0.717, 1.165) is 21.3 Å². The maximum atomic E-state index is 5.91. The van der Waals surface area contributed by atoms with Crippen molar-refractivity contribution in [2.24, 2.45) is 5.73 Å². The van der Waals surface area contributed by atoms with Crippen LogP contribution in [0, 0.1) is 0 Å². The van der Waals surface area contributed by atoms with Crippen LogP contribution in [0.15, 0.2) is 47.2 Å². The zero-order valence-electron chi connectivity index (χ0n) is 10.1. The Kier molecular flexibility index (Phi) is 4.33. The number of benzene rings is 1. The summed E-state index contributed by atoms with van der Waals surface area (Å²) in [5.41, 5.74) is 7.94. The summed E-state index contributed by atoms with van der Waals surface area (Å²) < 4.78 is 6.75. The van der Waals surface area contributed by atoms with Gasteiger partial charge >= 0.3 is 0 Å². The van der Waals surface area contributed by atoms with Crippen LogP contribution in [0.3, 0.4) is 0 Å². The standard InChI is InChI=1S/C14H15BrN2O/c1-10(16)13-4-2-3-5-14(13)18-9-11-6-12(15)8-17-7-11/h2-8,10H,9,16H2,1H3. The van der Waals surface area contributed by atoms with Crippen LogP contribution in [-0.4, -0.2) is 4.98 Å². The lowest BCUT2D eigenvalue weighted by molar-refractivity contribution is 0.301. The van der Waals surface area contributed by atoms with Gasteiger partial charge in [-0.05, 0) is 35.0 Å².